The summed E-state index contributed by atoms with van der Waals surface area (Å²) >= 11 is 0. The van der Waals surface area contributed by atoms with Crippen molar-refractivity contribution in [1.82, 2.24) is 5.32 Å². The van der Waals surface area contributed by atoms with Gasteiger partial charge in [0.1, 0.15) is 0 Å². The van der Waals surface area contributed by atoms with Gasteiger partial charge in [0.2, 0.25) is 0 Å². The van der Waals surface area contributed by atoms with E-state index in [2.05, 4.69) is 33.0 Å². The molecule has 0 aliphatic rings. The van der Waals surface area contributed by atoms with Crippen LogP contribution in [0.5, 0.6) is 0 Å². The quantitative estimate of drug-likeness (QED) is 0.597. The Kier molecular flexibility index (Phi) is 9.12. The molecule has 0 aromatic carbocycles. The Morgan fingerprint density at radius 1 is 1.20 bits per heavy atom. The maximum Gasteiger partial charge on any atom is 0.0587 e. The van der Waals surface area contributed by atoms with Crippen molar-refractivity contribution in [3.8, 4) is 0 Å². The summed E-state index contributed by atoms with van der Waals surface area (Å²) in [5, 5.41) is 3.47. The van der Waals surface area contributed by atoms with E-state index in [-0.39, 0.29) is 0 Å². The van der Waals surface area contributed by atoms with Gasteiger partial charge in [-0.2, -0.15) is 0 Å². The molecule has 0 spiro atoms. The average molecular weight is 215 g/mol. The third-order valence-electron chi connectivity index (χ3n) is 3.23. The Morgan fingerprint density at radius 2 is 1.87 bits per heavy atom. The van der Waals surface area contributed by atoms with E-state index in [1.165, 1.54) is 12.8 Å². The van der Waals surface area contributed by atoms with Crippen LogP contribution in [0.25, 0.3) is 0 Å². The lowest BCUT2D eigenvalue weighted by Gasteiger charge is -2.24. The summed E-state index contributed by atoms with van der Waals surface area (Å²) in [5.74, 6) is 2.42. The summed E-state index contributed by atoms with van der Waals surface area (Å²) in [4.78, 5) is 0. The summed E-state index contributed by atoms with van der Waals surface area (Å²) in [6.07, 6.45) is 2.63. The zero-order chi connectivity index (χ0) is 11.7. The lowest BCUT2D eigenvalue weighted by molar-refractivity contribution is 0.194. The second-order valence-corrected chi connectivity index (χ2v) is 4.95. The molecule has 92 valence electrons. The van der Waals surface area contributed by atoms with Gasteiger partial charge >= 0.3 is 0 Å². The molecule has 0 aliphatic carbocycles. The van der Waals surface area contributed by atoms with Crippen molar-refractivity contribution in [2.24, 2.45) is 17.8 Å². The van der Waals surface area contributed by atoms with E-state index in [0.29, 0.717) is 0 Å². The maximum absolute atomic E-state index is 5.02. The first-order valence-corrected chi connectivity index (χ1v) is 6.31. The number of hydrogen-bond donors (Lipinski definition) is 1. The topological polar surface area (TPSA) is 21.3 Å². The van der Waals surface area contributed by atoms with Crippen molar-refractivity contribution in [1.29, 1.82) is 0 Å². The third kappa shape index (κ3) is 7.80. The summed E-state index contributed by atoms with van der Waals surface area (Å²) in [6, 6.07) is 0. The fourth-order valence-electron chi connectivity index (χ4n) is 1.74. The van der Waals surface area contributed by atoms with E-state index in [4.69, 9.17) is 4.74 Å². The van der Waals surface area contributed by atoms with Crippen LogP contribution < -0.4 is 5.32 Å². The van der Waals surface area contributed by atoms with Crippen LogP contribution in [0, 0.1) is 17.8 Å². The summed E-state index contributed by atoms with van der Waals surface area (Å²) in [6.45, 7) is 12.2. The van der Waals surface area contributed by atoms with Gasteiger partial charge in [-0.15, -0.1) is 0 Å². The highest BCUT2D eigenvalue weighted by Gasteiger charge is 2.15. The van der Waals surface area contributed by atoms with Gasteiger partial charge in [-0.25, -0.2) is 0 Å². The van der Waals surface area contributed by atoms with E-state index in [9.17, 15) is 0 Å². The van der Waals surface area contributed by atoms with Crippen LogP contribution in [0.3, 0.4) is 0 Å². The van der Waals surface area contributed by atoms with Crippen LogP contribution in [0.2, 0.25) is 0 Å². The molecule has 2 atom stereocenters. The molecule has 15 heavy (non-hydrogen) atoms. The van der Waals surface area contributed by atoms with Crippen LogP contribution in [0.15, 0.2) is 0 Å². The molecule has 0 saturated carbocycles. The fraction of sp³-hybridized carbons (Fsp3) is 1.00. The summed E-state index contributed by atoms with van der Waals surface area (Å²) in [5.41, 5.74) is 0. The lowest BCUT2D eigenvalue weighted by atomic mass is 9.86. The highest BCUT2D eigenvalue weighted by molar-refractivity contribution is 4.68. The van der Waals surface area contributed by atoms with Crippen molar-refractivity contribution >= 4 is 0 Å². The van der Waals surface area contributed by atoms with Gasteiger partial charge in [-0.1, -0.05) is 34.1 Å². The van der Waals surface area contributed by atoms with Crippen LogP contribution in [0.4, 0.5) is 0 Å². The Morgan fingerprint density at radius 3 is 2.33 bits per heavy atom. The third-order valence-corrected chi connectivity index (χ3v) is 3.23. The standard InChI is InChI=1S/C13H29NO/c1-6-12(4)9-13(11(2)3)10-14-7-8-15-5/h11-14H,6-10H2,1-5H3. The first kappa shape index (κ1) is 14.9. The van der Waals surface area contributed by atoms with Crippen LogP contribution in [-0.2, 0) is 4.74 Å². The molecule has 0 bridgehead atoms. The molecule has 2 unspecified atom stereocenters. The first-order valence-electron chi connectivity index (χ1n) is 6.31. The van der Waals surface area contributed by atoms with Gasteiger partial charge in [-0.05, 0) is 30.7 Å². The minimum atomic E-state index is 0.772. The highest BCUT2D eigenvalue weighted by atomic mass is 16.5. The van der Waals surface area contributed by atoms with E-state index >= 15 is 0 Å². The predicted molar refractivity (Wildman–Crippen MR) is 67.1 cm³/mol. The molecule has 0 aromatic rings. The molecule has 0 aromatic heterocycles. The van der Waals surface area contributed by atoms with Crippen molar-refractivity contribution < 1.29 is 4.74 Å². The number of rotatable bonds is 9. The van der Waals surface area contributed by atoms with Crippen molar-refractivity contribution in [2.45, 2.75) is 40.5 Å². The molecule has 1 N–H and O–H groups in total. The SMILES string of the molecule is CCC(C)CC(CNCCOC)C(C)C. The van der Waals surface area contributed by atoms with Crippen LogP contribution >= 0.6 is 0 Å². The largest absolute Gasteiger partial charge is 0.383 e. The van der Waals surface area contributed by atoms with Gasteiger partial charge < -0.3 is 10.1 Å². The molecule has 0 rings (SSSR count). The first-order chi connectivity index (χ1) is 7.11. The number of ether oxygens (including phenoxy) is 1. The highest BCUT2D eigenvalue weighted by Crippen LogP contribution is 2.21. The van der Waals surface area contributed by atoms with E-state index < -0.39 is 0 Å². The molecule has 2 nitrogen and oxygen atoms in total. The second kappa shape index (κ2) is 9.17. The Labute approximate surface area is 95.8 Å². The monoisotopic (exact) mass is 215 g/mol. The normalized spacial score (nSPS) is 15.6. The Hall–Kier alpha value is -0.0800. The average Bonchev–Trinajstić information content (AvgIpc) is 2.21. The van der Waals surface area contributed by atoms with E-state index in [0.717, 1.165) is 37.5 Å². The van der Waals surface area contributed by atoms with Crippen molar-refractivity contribution in [2.75, 3.05) is 26.8 Å². The Bertz CT molecular complexity index is 136. The molecule has 0 aliphatic heterocycles. The van der Waals surface area contributed by atoms with E-state index in [1.54, 1.807) is 7.11 Å². The number of methoxy groups -OCH3 is 1. The maximum atomic E-state index is 5.02. The van der Waals surface area contributed by atoms with Gasteiger partial charge in [-0.3, -0.25) is 0 Å². The lowest BCUT2D eigenvalue weighted by Crippen LogP contribution is -2.29. The van der Waals surface area contributed by atoms with Gasteiger partial charge in [0.15, 0.2) is 0 Å². The molecule has 0 amide bonds. The van der Waals surface area contributed by atoms with Gasteiger partial charge in [0.05, 0.1) is 6.61 Å². The van der Waals surface area contributed by atoms with Crippen LogP contribution in [-0.4, -0.2) is 26.8 Å². The Balaban J connectivity index is 3.73. The zero-order valence-electron chi connectivity index (χ0n) is 11.2. The number of nitrogens with one attached hydrogen (secondary N) is 1. The van der Waals surface area contributed by atoms with Crippen molar-refractivity contribution in [3.05, 3.63) is 0 Å². The summed E-state index contributed by atoms with van der Waals surface area (Å²) in [7, 11) is 1.75. The molecule has 0 fully saturated rings. The number of hydrogen-bond acceptors (Lipinski definition) is 2. The van der Waals surface area contributed by atoms with Crippen LogP contribution in [0.1, 0.15) is 40.5 Å². The molecule has 0 saturated heterocycles. The molecule has 0 heterocycles. The molecular formula is C13H29NO. The van der Waals surface area contributed by atoms with Gasteiger partial charge in [0, 0.05) is 13.7 Å². The zero-order valence-corrected chi connectivity index (χ0v) is 11.2. The summed E-state index contributed by atoms with van der Waals surface area (Å²) < 4.78 is 5.02. The minimum Gasteiger partial charge on any atom is -0.383 e. The van der Waals surface area contributed by atoms with Gasteiger partial charge in [0.25, 0.3) is 0 Å². The van der Waals surface area contributed by atoms with E-state index in [1.807, 2.05) is 0 Å². The molecule has 0 radical (unpaired) electrons. The molecule has 2 heteroatoms. The second-order valence-electron chi connectivity index (χ2n) is 4.95. The smallest absolute Gasteiger partial charge is 0.0587 e. The fourth-order valence-corrected chi connectivity index (χ4v) is 1.74. The minimum absolute atomic E-state index is 0.772. The predicted octanol–water partition coefficient (Wildman–Crippen LogP) is 2.93. The molecular weight excluding hydrogens is 186 g/mol. The van der Waals surface area contributed by atoms with Crippen molar-refractivity contribution in [3.63, 3.8) is 0 Å².